The number of benzene rings is 1. The highest BCUT2D eigenvalue weighted by molar-refractivity contribution is 5.75. The van der Waals surface area contributed by atoms with E-state index in [4.69, 9.17) is 0 Å². The van der Waals surface area contributed by atoms with Gasteiger partial charge in [-0.25, -0.2) is 4.79 Å². The number of imidazole rings is 1. The molecule has 1 aromatic heterocycles. The summed E-state index contributed by atoms with van der Waals surface area (Å²) in [6, 6.07) is 6.40. The van der Waals surface area contributed by atoms with E-state index in [1.165, 1.54) is 57.3 Å². The molecular weight excluding hydrogens is 298 g/mol. The predicted octanol–water partition coefficient (Wildman–Crippen LogP) is 4.04. The second-order valence-corrected chi connectivity index (χ2v) is 7.77. The molecule has 0 radical (unpaired) electrons. The van der Waals surface area contributed by atoms with Crippen molar-refractivity contribution in [3.05, 3.63) is 34.2 Å². The van der Waals surface area contributed by atoms with E-state index in [1.807, 2.05) is 6.07 Å². The highest BCUT2D eigenvalue weighted by Crippen LogP contribution is 2.40. The summed E-state index contributed by atoms with van der Waals surface area (Å²) in [5, 5.41) is 0. The van der Waals surface area contributed by atoms with E-state index in [-0.39, 0.29) is 11.1 Å². The van der Waals surface area contributed by atoms with Crippen LogP contribution in [0, 0.1) is 5.92 Å². The second kappa shape index (κ2) is 7.14. The number of hydrogen-bond donors (Lipinski definition) is 2. The van der Waals surface area contributed by atoms with Crippen LogP contribution in [0.4, 0.5) is 0 Å². The van der Waals surface area contributed by atoms with E-state index < -0.39 is 0 Å². The van der Waals surface area contributed by atoms with E-state index in [0.717, 1.165) is 11.0 Å². The fourth-order valence-electron chi connectivity index (χ4n) is 4.10. The number of unbranched alkanes of at least 4 members (excludes halogenated alkanes) is 3. The standard InChI is InChI=1S/C20H31N3O/c1-4-5-6-7-11-23-12-10-20(3,15(2)14-23)16-8-9-17-18(13-16)22-19(24)21-17/h8-9,13,15H,4-7,10-12,14H2,1-3H3,(H2,21,22,24)/t15-,20-/m0/s1. The summed E-state index contributed by atoms with van der Waals surface area (Å²) in [5.74, 6) is 0.612. The van der Waals surface area contributed by atoms with Gasteiger partial charge in [-0.3, -0.25) is 0 Å². The number of piperidine rings is 1. The van der Waals surface area contributed by atoms with Crippen molar-refractivity contribution < 1.29 is 0 Å². The van der Waals surface area contributed by atoms with Gasteiger partial charge in [0, 0.05) is 6.54 Å². The molecule has 0 aliphatic carbocycles. The predicted molar refractivity (Wildman–Crippen MR) is 101 cm³/mol. The van der Waals surface area contributed by atoms with Gasteiger partial charge in [0.2, 0.25) is 0 Å². The minimum atomic E-state index is -0.123. The summed E-state index contributed by atoms with van der Waals surface area (Å²) in [4.78, 5) is 19.9. The lowest BCUT2D eigenvalue weighted by atomic mass is 9.68. The zero-order chi connectivity index (χ0) is 17.2. The van der Waals surface area contributed by atoms with Crippen molar-refractivity contribution in [2.24, 2.45) is 5.92 Å². The molecule has 0 amide bonds. The van der Waals surface area contributed by atoms with E-state index in [0.29, 0.717) is 5.92 Å². The number of aromatic amines is 2. The van der Waals surface area contributed by atoms with Crippen molar-refractivity contribution in [2.45, 2.75) is 58.3 Å². The number of H-pyrrole nitrogens is 2. The van der Waals surface area contributed by atoms with Crippen LogP contribution in [0.3, 0.4) is 0 Å². The Hall–Kier alpha value is -1.55. The van der Waals surface area contributed by atoms with Crippen LogP contribution in [0.25, 0.3) is 11.0 Å². The van der Waals surface area contributed by atoms with Crippen molar-refractivity contribution in [1.82, 2.24) is 14.9 Å². The van der Waals surface area contributed by atoms with Gasteiger partial charge >= 0.3 is 5.69 Å². The van der Waals surface area contributed by atoms with Crippen LogP contribution in [0.15, 0.2) is 23.0 Å². The Morgan fingerprint density at radius 1 is 1.21 bits per heavy atom. The SMILES string of the molecule is CCCCCCN1CC[C@](C)(c2ccc3[nH]c(=O)[nH]c3c2)[C@@H](C)C1. The number of rotatable bonds is 6. The largest absolute Gasteiger partial charge is 0.323 e. The molecular formula is C20H31N3O. The first kappa shape index (κ1) is 17.3. The van der Waals surface area contributed by atoms with Crippen LogP contribution >= 0.6 is 0 Å². The maximum atomic E-state index is 11.5. The van der Waals surface area contributed by atoms with Crippen LogP contribution in [0.2, 0.25) is 0 Å². The lowest BCUT2D eigenvalue weighted by Gasteiger charge is -2.45. The van der Waals surface area contributed by atoms with E-state index in [2.05, 4.69) is 47.8 Å². The quantitative estimate of drug-likeness (QED) is 0.786. The molecule has 2 atom stereocenters. The van der Waals surface area contributed by atoms with Gasteiger partial charge in [0.1, 0.15) is 0 Å². The molecule has 0 spiro atoms. The maximum Gasteiger partial charge on any atom is 0.323 e. The highest BCUT2D eigenvalue weighted by atomic mass is 16.1. The molecule has 2 heterocycles. The van der Waals surface area contributed by atoms with Crippen molar-refractivity contribution in [3.63, 3.8) is 0 Å². The molecule has 3 rings (SSSR count). The van der Waals surface area contributed by atoms with Crippen LogP contribution in [0.1, 0.15) is 58.4 Å². The smallest absolute Gasteiger partial charge is 0.306 e. The molecule has 132 valence electrons. The topological polar surface area (TPSA) is 51.9 Å². The number of likely N-dealkylation sites (tertiary alicyclic amines) is 1. The summed E-state index contributed by atoms with van der Waals surface area (Å²) >= 11 is 0. The van der Waals surface area contributed by atoms with Crippen LogP contribution in [0.5, 0.6) is 0 Å². The van der Waals surface area contributed by atoms with E-state index in [9.17, 15) is 4.79 Å². The fraction of sp³-hybridized carbons (Fsp3) is 0.650. The average Bonchev–Trinajstić information content (AvgIpc) is 2.94. The molecule has 2 aromatic rings. The Morgan fingerprint density at radius 3 is 2.75 bits per heavy atom. The van der Waals surface area contributed by atoms with Gasteiger partial charge in [0.15, 0.2) is 0 Å². The molecule has 0 unspecified atom stereocenters. The monoisotopic (exact) mass is 329 g/mol. The first-order valence-corrected chi connectivity index (χ1v) is 9.48. The zero-order valence-electron chi connectivity index (χ0n) is 15.3. The molecule has 4 heteroatoms. The third kappa shape index (κ3) is 3.44. The lowest BCUT2D eigenvalue weighted by Crippen LogP contribution is -2.47. The molecule has 4 nitrogen and oxygen atoms in total. The summed E-state index contributed by atoms with van der Waals surface area (Å²) in [5.41, 5.74) is 3.23. The fourth-order valence-corrected chi connectivity index (χ4v) is 4.10. The van der Waals surface area contributed by atoms with Gasteiger partial charge in [0.05, 0.1) is 11.0 Å². The minimum absolute atomic E-state index is 0.123. The highest BCUT2D eigenvalue weighted by Gasteiger charge is 2.37. The van der Waals surface area contributed by atoms with Crippen LogP contribution < -0.4 is 5.69 Å². The first-order valence-electron chi connectivity index (χ1n) is 9.48. The Kier molecular flexibility index (Phi) is 5.14. The zero-order valence-corrected chi connectivity index (χ0v) is 15.3. The molecule has 0 bridgehead atoms. The minimum Gasteiger partial charge on any atom is -0.306 e. The van der Waals surface area contributed by atoms with E-state index >= 15 is 0 Å². The van der Waals surface area contributed by atoms with Gasteiger partial charge in [-0.05, 0) is 55.0 Å². The molecule has 1 fully saturated rings. The van der Waals surface area contributed by atoms with Crippen molar-refractivity contribution >= 4 is 11.0 Å². The number of nitrogens with zero attached hydrogens (tertiary/aromatic N) is 1. The molecule has 1 aliphatic rings. The van der Waals surface area contributed by atoms with Gasteiger partial charge in [-0.15, -0.1) is 0 Å². The Labute approximate surface area is 144 Å². The summed E-state index contributed by atoms with van der Waals surface area (Å²) in [6.45, 7) is 10.6. The van der Waals surface area contributed by atoms with E-state index in [1.54, 1.807) is 0 Å². The number of hydrogen-bond acceptors (Lipinski definition) is 2. The molecule has 1 aromatic carbocycles. The second-order valence-electron chi connectivity index (χ2n) is 7.77. The van der Waals surface area contributed by atoms with Crippen LogP contribution in [-0.2, 0) is 5.41 Å². The number of fused-ring (bicyclic) bond motifs is 1. The normalized spacial score (nSPS) is 25.4. The molecule has 1 aliphatic heterocycles. The van der Waals surface area contributed by atoms with Crippen LogP contribution in [-0.4, -0.2) is 34.5 Å². The lowest BCUT2D eigenvalue weighted by molar-refractivity contribution is 0.109. The molecule has 1 saturated heterocycles. The summed E-state index contributed by atoms with van der Waals surface area (Å²) in [7, 11) is 0. The Balaban J connectivity index is 1.69. The van der Waals surface area contributed by atoms with Crippen molar-refractivity contribution in [3.8, 4) is 0 Å². The average molecular weight is 329 g/mol. The summed E-state index contributed by atoms with van der Waals surface area (Å²) < 4.78 is 0. The summed E-state index contributed by atoms with van der Waals surface area (Å²) in [6.07, 6.45) is 6.53. The van der Waals surface area contributed by atoms with Gasteiger partial charge < -0.3 is 14.9 Å². The molecule has 0 saturated carbocycles. The Morgan fingerprint density at radius 2 is 2.00 bits per heavy atom. The third-order valence-corrected chi connectivity index (χ3v) is 6.07. The molecule has 24 heavy (non-hydrogen) atoms. The number of nitrogens with one attached hydrogen (secondary N) is 2. The van der Waals surface area contributed by atoms with Gasteiger partial charge in [0.25, 0.3) is 0 Å². The maximum absolute atomic E-state index is 11.5. The van der Waals surface area contributed by atoms with Crippen molar-refractivity contribution in [2.75, 3.05) is 19.6 Å². The molecule has 2 N–H and O–H groups in total. The third-order valence-electron chi connectivity index (χ3n) is 6.07. The van der Waals surface area contributed by atoms with Gasteiger partial charge in [-0.1, -0.05) is 46.1 Å². The first-order chi connectivity index (χ1) is 11.5. The Bertz CT molecular complexity index is 732. The van der Waals surface area contributed by atoms with Gasteiger partial charge in [-0.2, -0.15) is 0 Å². The number of aromatic nitrogens is 2. The van der Waals surface area contributed by atoms with Crippen molar-refractivity contribution in [1.29, 1.82) is 0 Å².